The minimum absolute atomic E-state index is 0.00919. The van der Waals surface area contributed by atoms with Crippen LogP contribution < -0.4 is 10.1 Å². The number of amides is 3. The number of aryl methyl sites for hydroxylation is 1. The van der Waals surface area contributed by atoms with Gasteiger partial charge in [0.15, 0.2) is 6.79 Å². The third-order valence-corrected chi connectivity index (χ3v) is 5.73. The molecule has 9 heteroatoms. The van der Waals surface area contributed by atoms with E-state index < -0.39 is 16.5 Å². The molecule has 2 aliphatic heterocycles. The second-order valence-electron chi connectivity index (χ2n) is 7.34. The summed E-state index contributed by atoms with van der Waals surface area (Å²) in [6.07, 6.45) is 1.19. The Labute approximate surface area is 165 Å². The molecule has 1 N–H and O–H groups in total. The first-order chi connectivity index (χ1) is 14.0. The largest absolute Gasteiger partial charge is 0.467 e. The molecule has 29 heavy (non-hydrogen) atoms. The third-order valence-electron chi connectivity index (χ3n) is 5.73. The highest BCUT2D eigenvalue weighted by atomic mass is 16.7. The molecule has 1 spiro atoms. The van der Waals surface area contributed by atoms with Crippen molar-refractivity contribution in [3.63, 3.8) is 0 Å². The molecular weight excluding hydrogens is 378 g/mol. The molecule has 5 rings (SSSR count). The average Bonchev–Trinajstić information content (AvgIpc) is 3.21. The number of nitrogens with one attached hydrogen (secondary N) is 1. The molecular formula is C20H17N3O6. The van der Waals surface area contributed by atoms with Gasteiger partial charge in [-0.25, -0.2) is 4.79 Å². The third kappa shape index (κ3) is 2.58. The van der Waals surface area contributed by atoms with Gasteiger partial charge in [0.25, 0.3) is 11.6 Å². The summed E-state index contributed by atoms with van der Waals surface area (Å²) < 4.78 is 10.7. The molecule has 0 unspecified atom stereocenters. The first-order valence-electron chi connectivity index (χ1n) is 9.23. The van der Waals surface area contributed by atoms with Crippen molar-refractivity contribution >= 4 is 17.6 Å². The molecule has 1 fully saturated rings. The molecule has 0 saturated carbocycles. The number of carbonyl (C=O) groups excluding carboxylic acids is 2. The van der Waals surface area contributed by atoms with Gasteiger partial charge in [0.1, 0.15) is 11.3 Å². The molecule has 0 radical (unpaired) electrons. The minimum Gasteiger partial charge on any atom is -0.467 e. The molecule has 0 bridgehead atoms. The number of benzene rings is 2. The van der Waals surface area contributed by atoms with Crippen LogP contribution in [0.1, 0.15) is 28.7 Å². The Morgan fingerprint density at radius 3 is 2.86 bits per heavy atom. The quantitative estimate of drug-likeness (QED) is 0.485. The van der Waals surface area contributed by atoms with Gasteiger partial charge in [-0.15, -0.1) is 0 Å². The molecule has 2 heterocycles. The van der Waals surface area contributed by atoms with Gasteiger partial charge in [0.2, 0.25) is 0 Å². The van der Waals surface area contributed by atoms with E-state index in [4.69, 9.17) is 9.47 Å². The number of hydrogen-bond acceptors (Lipinski definition) is 6. The number of rotatable bonds is 3. The van der Waals surface area contributed by atoms with E-state index in [1.807, 2.05) is 24.3 Å². The van der Waals surface area contributed by atoms with Crippen LogP contribution in [0, 0.1) is 10.1 Å². The van der Waals surface area contributed by atoms with Gasteiger partial charge in [-0.2, -0.15) is 0 Å². The van der Waals surface area contributed by atoms with E-state index >= 15 is 0 Å². The summed E-state index contributed by atoms with van der Waals surface area (Å²) in [4.78, 5) is 38.0. The van der Waals surface area contributed by atoms with Crippen LogP contribution in [-0.2, 0) is 34.6 Å². The summed E-state index contributed by atoms with van der Waals surface area (Å²) in [6, 6.07) is 9.79. The van der Waals surface area contributed by atoms with Gasteiger partial charge in [0.05, 0.1) is 18.1 Å². The minimum atomic E-state index is -1.07. The number of nitro groups is 1. The summed E-state index contributed by atoms with van der Waals surface area (Å²) >= 11 is 0. The van der Waals surface area contributed by atoms with E-state index in [0.29, 0.717) is 29.7 Å². The number of carbonyl (C=O) groups is 2. The topological polar surface area (TPSA) is 111 Å². The Hall–Kier alpha value is -3.46. The molecule has 1 atom stereocenters. The van der Waals surface area contributed by atoms with Crippen LogP contribution in [0.4, 0.5) is 10.5 Å². The number of hydrogen-bond donors (Lipinski definition) is 1. The van der Waals surface area contributed by atoms with Gasteiger partial charge >= 0.3 is 6.03 Å². The van der Waals surface area contributed by atoms with E-state index in [-0.39, 0.29) is 31.5 Å². The van der Waals surface area contributed by atoms with E-state index in [0.717, 1.165) is 16.0 Å². The fraction of sp³-hybridized carbons (Fsp3) is 0.300. The number of non-ortho nitro benzene ring substituents is 1. The number of urea groups is 1. The van der Waals surface area contributed by atoms with Crippen LogP contribution in [0.2, 0.25) is 0 Å². The predicted molar refractivity (Wildman–Crippen MR) is 98.9 cm³/mol. The zero-order valence-electron chi connectivity index (χ0n) is 15.3. The Morgan fingerprint density at radius 1 is 1.21 bits per heavy atom. The van der Waals surface area contributed by atoms with Crippen molar-refractivity contribution in [2.24, 2.45) is 0 Å². The lowest BCUT2D eigenvalue weighted by atomic mass is 9.92. The van der Waals surface area contributed by atoms with Gasteiger partial charge in [-0.1, -0.05) is 24.3 Å². The lowest BCUT2D eigenvalue weighted by Crippen LogP contribution is -2.41. The van der Waals surface area contributed by atoms with Crippen LogP contribution in [0.15, 0.2) is 36.4 Å². The number of ether oxygens (including phenoxy) is 2. The Bertz CT molecular complexity index is 1070. The van der Waals surface area contributed by atoms with E-state index in [2.05, 4.69) is 5.32 Å². The van der Waals surface area contributed by atoms with Crippen molar-refractivity contribution < 1.29 is 24.0 Å². The molecule has 148 valence electrons. The number of nitro benzene ring substituents is 1. The maximum atomic E-state index is 13.3. The number of nitrogens with zero attached hydrogens (tertiary/aromatic N) is 2. The van der Waals surface area contributed by atoms with Crippen LogP contribution >= 0.6 is 0 Å². The van der Waals surface area contributed by atoms with Crippen molar-refractivity contribution in [2.45, 2.75) is 31.5 Å². The molecule has 1 saturated heterocycles. The summed E-state index contributed by atoms with van der Waals surface area (Å²) in [6.45, 7) is 0.0648. The molecule has 9 nitrogen and oxygen atoms in total. The Kier molecular flexibility index (Phi) is 3.82. The Morgan fingerprint density at radius 2 is 2.03 bits per heavy atom. The van der Waals surface area contributed by atoms with Gasteiger partial charge in [0, 0.05) is 23.3 Å². The molecule has 2 aromatic carbocycles. The van der Waals surface area contributed by atoms with Crippen LogP contribution in [0.3, 0.4) is 0 Å². The normalized spacial score (nSPS) is 22.3. The van der Waals surface area contributed by atoms with Crippen molar-refractivity contribution in [3.05, 3.63) is 68.8 Å². The first kappa shape index (κ1) is 17.6. The second-order valence-corrected chi connectivity index (χ2v) is 7.34. The Balaban J connectivity index is 1.52. The fourth-order valence-corrected chi connectivity index (χ4v) is 4.41. The standard InChI is InChI=1S/C20H17N3O6/c24-18-20(6-5-12-3-1-2-4-16(12)20)21-19(25)22(18)9-13-7-15(23(26)27)8-14-10-28-11-29-17(13)14/h1-4,7-8H,5-6,9-11H2,(H,21,25)/t20-/m1/s1. The van der Waals surface area contributed by atoms with E-state index in [1.54, 1.807) is 0 Å². The highest BCUT2D eigenvalue weighted by Gasteiger charge is 2.55. The highest BCUT2D eigenvalue weighted by Crippen LogP contribution is 2.42. The van der Waals surface area contributed by atoms with Crippen molar-refractivity contribution in [2.75, 3.05) is 6.79 Å². The van der Waals surface area contributed by atoms with Crippen LogP contribution in [0.5, 0.6) is 5.75 Å². The second kappa shape index (κ2) is 6.28. The highest BCUT2D eigenvalue weighted by molar-refractivity contribution is 6.08. The monoisotopic (exact) mass is 395 g/mol. The van der Waals surface area contributed by atoms with Crippen molar-refractivity contribution in [3.8, 4) is 5.75 Å². The molecule has 1 aliphatic carbocycles. The summed E-state index contributed by atoms with van der Waals surface area (Å²) in [5, 5.41) is 14.2. The first-order valence-corrected chi connectivity index (χ1v) is 9.23. The molecule has 2 aromatic rings. The summed E-state index contributed by atoms with van der Waals surface area (Å²) in [5.41, 5.74) is 1.57. The number of imide groups is 1. The maximum absolute atomic E-state index is 13.3. The molecule has 3 aliphatic rings. The average molecular weight is 395 g/mol. The van der Waals surface area contributed by atoms with Crippen molar-refractivity contribution in [1.82, 2.24) is 10.2 Å². The van der Waals surface area contributed by atoms with Gasteiger partial charge in [-0.3, -0.25) is 19.8 Å². The zero-order chi connectivity index (χ0) is 20.2. The predicted octanol–water partition coefficient (Wildman–Crippen LogP) is 2.35. The smallest absolute Gasteiger partial charge is 0.325 e. The summed E-state index contributed by atoms with van der Waals surface area (Å²) in [7, 11) is 0. The number of fused-ring (bicyclic) bond motifs is 3. The van der Waals surface area contributed by atoms with Gasteiger partial charge < -0.3 is 14.8 Å². The van der Waals surface area contributed by atoms with Gasteiger partial charge in [-0.05, 0) is 24.0 Å². The molecule has 0 aromatic heterocycles. The SMILES string of the molecule is O=C1N[C@@]2(CCc3ccccc32)C(=O)N1Cc1cc([N+](=O)[O-])cc2c1OCOC2. The summed E-state index contributed by atoms with van der Waals surface area (Å²) in [5.74, 6) is 0.0787. The lowest BCUT2D eigenvalue weighted by molar-refractivity contribution is -0.385. The van der Waals surface area contributed by atoms with Crippen molar-refractivity contribution in [1.29, 1.82) is 0 Å². The van der Waals surface area contributed by atoms with Crippen LogP contribution in [0.25, 0.3) is 0 Å². The van der Waals surface area contributed by atoms with E-state index in [9.17, 15) is 19.7 Å². The zero-order valence-corrected chi connectivity index (χ0v) is 15.3. The van der Waals surface area contributed by atoms with E-state index in [1.165, 1.54) is 12.1 Å². The fourth-order valence-electron chi connectivity index (χ4n) is 4.41. The maximum Gasteiger partial charge on any atom is 0.325 e. The molecule has 3 amide bonds. The lowest BCUT2D eigenvalue weighted by Gasteiger charge is -2.24. The van der Waals surface area contributed by atoms with Crippen LogP contribution in [-0.4, -0.2) is 28.6 Å².